The summed E-state index contributed by atoms with van der Waals surface area (Å²) in [5, 5.41) is 11.9. The van der Waals surface area contributed by atoms with Crippen LogP contribution >= 0.6 is 0 Å². The number of ether oxygens (including phenoxy) is 1. The summed E-state index contributed by atoms with van der Waals surface area (Å²) < 4.78 is 20.1. The number of methoxy groups -OCH3 is 1. The van der Waals surface area contributed by atoms with E-state index in [4.69, 9.17) is 10.00 Å². The minimum absolute atomic E-state index is 0.0336. The molecule has 2 aliphatic rings. The van der Waals surface area contributed by atoms with Crippen LogP contribution in [0, 0.1) is 23.1 Å². The molecule has 10 heteroatoms. The van der Waals surface area contributed by atoms with Crippen molar-refractivity contribution < 1.29 is 23.5 Å². The molecule has 0 unspecified atom stereocenters. The number of hydrogen-bond donors (Lipinski definition) is 1. The number of nitriles is 1. The van der Waals surface area contributed by atoms with Crippen LogP contribution in [-0.2, 0) is 6.54 Å². The predicted molar refractivity (Wildman–Crippen MR) is 157 cm³/mol. The van der Waals surface area contributed by atoms with Crippen molar-refractivity contribution in [1.82, 2.24) is 20.1 Å². The van der Waals surface area contributed by atoms with Crippen molar-refractivity contribution in [2.45, 2.75) is 38.3 Å². The van der Waals surface area contributed by atoms with Crippen LogP contribution in [0.4, 0.5) is 4.39 Å². The highest BCUT2D eigenvalue weighted by Gasteiger charge is 2.30. The summed E-state index contributed by atoms with van der Waals surface area (Å²) in [5.74, 6) is -1.25. The molecule has 2 amide bonds. The third-order valence-electron chi connectivity index (χ3n) is 8.26. The molecule has 0 radical (unpaired) electrons. The van der Waals surface area contributed by atoms with Gasteiger partial charge >= 0.3 is 0 Å². The van der Waals surface area contributed by atoms with Crippen molar-refractivity contribution in [3.05, 3.63) is 94.6 Å². The maximum atomic E-state index is 15.0. The number of hydrogen-bond acceptors (Lipinski definition) is 7. The van der Waals surface area contributed by atoms with E-state index in [1.165, 1.54) is 0 Å². The van der Waals surface area contributed by atoms with Crippen LogP contribution in [0.1, 0.15) is 68.0 Å². The van der Waals surface area contributed by atoms with E-state index in [9.17, 15) is 18.8 Å². The Bertz CT molecular complexity index is 1500. The zero-order valence-electron chi connectivity index (χ0n) is 24.1. The molecule has 43 heavy (non-hydrogen) atoms. The fourth-order valence-corrected chi connectivity index (χ4v) is 5.65. The highest BCUT2D eigenvalue weighted by atomic mass is 19.1. The third-order valence-corrected chi connectivity index (χ3v) is 8.26. The maximum Gasteiger partial charge on any atom is 0.272 e. The number of pyridine rings is 1. The number of aromatic nitrogens is 1. The Morgan fingerprint density at radius 1 is 1.00 bits per heavy atom. The van der Waals surface area contributed by atoms with Gasteiger partial charge in [0, 0.05) is 62.5 Å². The molecule has 3 heterocycles. The standard InChI is InChI=1S/C33H34FN5O4/c1-43-27-8-6-24(7-9-27)31(40)25-10-16-39(17-11-25)33(42)30-18-29(34)28(20-36-30)32(41)37-26-12-14-38(15-13-26)21-23-4-2-22(19-35)3-5-23/h2-9,18,20,25-26H,10-17,21H2,1H3,(H,37,41). The zero-order chi connectivity index (χ0) is 30.3. The third kappa shape index (κ3) is 7.24. The van der Waals surface area contributed by atoms with Gasteiger partial charge in [0.05, 0.1) is 24.3 Å². The van der Waals surface area contributed by atoms with Crippen LogP contribution in [0.2, 0.25) is 0 Å². The summed E-state index contributed by atoms with van der Waals surface area (Å²) in [7, 11) is 1.57. The first-order valence-corrected chi connectivity index (χ1v) is 14.5. The Balaban J connectivity index is 1.09. The van der Waals surface area contributed by atoms with E-state index in [0.717, 1.165) is 50.3 Å². The van der Waals surface area contributed by atoms with Gasteiger partial charge in [0.25, 0.3) is 11.8 Å². The lowest BCUT2D eigenvalue weighted by Gasteiger charge is -2.32. The highest BCUT2D eigenvalue weighted by Crippen LogP contribution is 2.24. The molecule has 9 nitrogen and oxygen atoms in total. The van der Waals surface area contributed by atoms with Gasteiger partial charge in [-0.05, 0) is 67.6 Å². The smallest absolute Gasteiger partial charge is 0.272 e. The fourth-order valence-electron chi connectivity index (χ4n) is 5.65. The number of nitrogens with one attached hydrogen (secondary N) is 1. The average molecular weight is 584 g/mol. The summed E-state index contributed by atoms with van der Waals surface area (Å²) in [6, 6.07) is 17.5. The first kappa shape index (κ1) is 29.9. The SMILES string of the molecule is COc1ccc(C(=O)C2CCN(C(=O)c3cc(F)c(C(=O)NC4CCN(Cc5ccc(C#N)cc5)CC4)cn3)CC2)cc1. The van der Waals surface area contributed by atoms with Gasteiger partial charge in [-0.1, -0.05) is 12.1 Å². The van der Waals surface area contributed by atoms with Gasteiger partial charge in [-0.2, -0.15) is 5.26 Å². The van der Waals surface area contributed by atoms with Crippen LogP contribution < -0.4 is 10.1 Å². The minimum atomic E-state index is -0.793. The van der Waals surface area contributed by atoms with E-state index in [1.54, 1.807) is 48.4 Å². The van der Waals surface area contributed by atoms with E-state index in [0.29, 0.717) is 42.8 Å². The van der Waals surface area contributed by atoms with Crippen molar-refractivity contribution >= 4 is 17.6 Å². The van der Waals surface area contributed by atoms with Crippen LogP contribution in [0.25, 0.3) is 0 Å². The Hall–Kier alpha value is -4.62. The molecule has 1 N–H and O–H groups in total. The molecule has 2 saturated heterocycles. The van der Waals surface area contributed by atoms with E-state index in [1.807, 2.05) is 12.1 Å². The number of Topliss-reactive ketones (excluding diaryl/α,β-unsaturated/α-hetero) is 1. The second-order valence-corrected chi connectivity index (χ2v) is 11.0. The molecule has 1 aromatic heterocycles. The summed E-state index contributed by atoms with van der Waals surface area (Å²) >= 11 is 0. The second-order valence-electron chi connectivity index (χ2n) is 11.0. The number of carbonyl (C=O) groups is 3. The molecule has 0 bridgehead atoms. The van der Waals surface area contributed by atoms with E-state index < -0.39 is 17.6 Å². The molecule has 2 aromatic carbocycles. The predicted octanol–water partition coefficient (Wildman–Crippen LogP) is 4.23. The molecular weight excluding hydrogens is 549 g/mol. The van der Waals surface area contributed by atoms with Gasteiger partial charge in [-0.3, -0.25) is 24.3 Å². The number of piperidine rings is 2. The van der Waals surface area contributed by atoms with Crippen molar-refractivity contribution in [3.8, 4) is 11.8 Å². The Morgan fingerprint density at radius 3 is 2.28 bits per heavy atom. The number of amides is 2. The Kier molecular flexibility index (Phi) is 9.42. The number of ketones is 1. The number of carbonyl (C=O) groups excluding carboxylic acids is 3. The summed E-state index contributed by atoms with van der Waals surface area (Å²) in [6.45, 7) is 3.04. The molecule has 0 saturated carbocycles. The maximum absolute atomic E-state index is 15.0. The van der Waals surface area contributed by atoms with Crippen LogP contribution in [0.5, 0.6) is 5.75 Å². The van der Waals surface area contributed by atoms with Gasteiger partial charge in [0.1, 0.15) is 17.3 Å². The van der Waals surface area contributed by atoms with Crippen molar-refractivity contribution in [3.63, 3.8) is 0 Å². The first-order chi connectivity index (χ1) is 20.8. The van der Waals surface area contributed by atoms with Gasteiger partial charge in [0.15, 0.2) is 5.78 Å². The monoisotopic (exact) mass is 583 g/mol. The molecule has 2 fully saturated rings. The molecule has 0 aliphatic carbocycles. The second kappa shape index (κ2) is 13.6. The van der Waals surface area contributed by atoms with Gasteiger partial charge < -0.3 is 15.0 Å². The van der Waals surface area contributed by atoms with Crippen molar-refractivity contribution in [1.29, 1.82) is 5.26 Å². The van der Waals surface area contributed by atoms with Crippen LogP contribution in [0.15, 0.2) is 60.8 Å². The molecular formula is C33H34FN5O4. The van der Waals surface area contributed by atoms with E-state index in [-0.39, 0.29) is 29.0 Å². The van der Waals surface area contributed by atoms with Gasteiger partial charge in [-0.15, -0.1) is 0 Å². The van der Waals surface area contributed by atoms with E-state index in [2.05, 4.69) is 21.3 Å². The van der Waals surface area contributed by atoms with Gasteiger partial charge in [-0.25, -0.2) is 4.39 Å². The average Bonchev–Trinajstić information content (AvgIpc) is 3.05. The Labute approximate surface area is 250 Å². The summed E-state index contributed by atoms with van der Waals surface area (Å²) in [5.41, 5.74) is 2.10. The number of halogens is 1. The van der Waals surface area contributed by atoms with Crippen molar-refractivity contribution in [2.24, 2.45) is 5.92 Å². The molecule has 0 spiro atoms. The molecule has 222 valence electrons. The lowest BCUT2D eigenvalue weighted by molar-refractivity contribution is 0.0645. The highest BCUT2D eigenvalue weighted by molar-refractivity contribution is 5.99. The van der Waals surface area contributed by atoms with Gasteiger partial charge in [0.2, 0.25) is 0 Å². The fraction of sp³-hybridized carbons (Fsp3) is 0.364. The minimum Gasteiger partial charge on any atom is -0.497 e. The quantitative estimate of drug-likeness (QED) is 0.395. The zero-order valence-corrected chi connectivity index (χ0v) is 24.1. The van der Waals surface area contributed by atoms with Crippen molar-refractivity contribution in [2.75, 3.05) is 33.3 Å². The van der Waals surface area contributed by atoms with E-state index >= 15 is 0 Å². The molecule has 5 rings (SSSR count). The first-order valence-electron chi connectivity index (χ1n) is 14.5. The number of benzene rings is 2. The summed E-state index contributed by atoms with van der Waals surface area (Å²) in [4.78, 5) is 46.7. The lowest BCUT2D eigenvalue weighted by Crippen LogP contribution is -2.44. The molecule has 0 atom stereocenters. The molecule has 2 aliphatic heterocycles. The normalized spacial score (nSPS) is 16.3. The topological polar surface area (TPSA) is 116 Å². The number of likely N-dealkylation sites (tertiary alicyclic amines) is 2. The number of rotatable bonds is 8. The molecule has 3 aromatic rings. The Morgan fingerprint density at radius 2 is 1.67 bits per heavy atom. The van der Waals surface area contributed by atoms with Crippen LogP contribution in [0.3, 0.4) is 0 Å². The largest absolute Gasteiger partial charge is 0.497 e. The number of nitrogens with zero attached hydrogens (tertiary/aromatic N) is 4. The lowest BCUT2D eigenvalue weighted by atomic mass is 9.88. The van der Waals surface area contributed by atoms with Crippen LogP contribution in [-0.4, -0.2) is 71.7 Å². The summed E-state index contributed by atoms with van der Waals surface area (Å²) in [6.07, 6.45) is 3.59.